The van der Waals surface area contributed by atoms with E-state index in [0.717, 1.165) is 39.9 Å². The van der Waals surface area contributed by atoms with Gasteiger partial charge in [0.2, 0.25) is 0 Å². The number of fused-ring (bicyclic) bond motifs is 1. The predicted molar refractivity (Wildman–Crippen MR) is 109 cm³/mol. The SMILES string of the molecule is Cc1c(C(=O)N(CC(C)C)CC(C)C)sc2nc(-c3ccccc3)cn12. The molecule has 0 saturated carbocycles. The van der Waals surface area contributed by atoms with Crippen molar-refractivity contribution in [3.63, 3.8) is 0 Å². The van der Waals surface area contributed by atoms with E-state index in [0.29, 0.717) is 11.8 Å². The normalized spacial score (nSPS) is 11.7. The molecule has 1 amide bonds. The fraction of sp³-hybridized carbons (Fsp3) is 0.429. The Hall–Kier alpha value is -2.14. The molecule has 2 heterocycles. The zero-order valence-corrected chi connectivity index (χ0v) is 17.0. The summed E-state index contributed by atoms with van der Waals surface area (Å²) in [5.74, 6) is 1.03. The molecule has 4 nitrogen and oxygen atoms in total. The van der Waals surface area contributed by atoms with Gasteiger partial charge in [-0.3, -0.25) is 9.20 Å². The number of hydrogen-bond acceptors (Lipinski definition) is 3. The van der Waals surface area contributed by atoms with Gasteiger partial charge in [0.05, 0.1) is 5.69 Å². The van der Waals surface area contributed by atoms with Gasteiger partial charge in [-0.2, -0.15) is 0 Å². The number of hydrogen-bond donors (Lipinski definition) is 0. The molecule has 138 valence electrons. The zero-order valence-electron chi connectivity index (χ0n) is 16.2. The van der Waals surface area contributed by atoms with E-state index >= 15 is 0 Å². The molecule has 0 atom stereocenters. The van der Waals surface area contributed by atoms with Gasteiger partial charge in [0.1, 0.15) is 4.88 Å². The molecular weight excluding hydrogens is 342 g/mol. The van der Waals surface area contributed by atoms with Gasteiger partial charge in [-0.25, -0.2) is 4.98 Å². The summed E-state index contributed by atoms with van der Waals surface area (Å²) in [5.41, 5.74) is 3.01. The fourth-order valence-electron chi connectivity index (χ4n) is 3.16. The summed E-state index contributed by atoms with van der Waals surface area (Å²) in [6, 6.07) is 10.1. The second kappa shape index (κ2) is 7.62. The van der Waals surface area contributed by atoms with Gasteiger partial charge < -0.3 is 4.90 Å². The van der Waals surface area contributed by atoms with Crippen molar-refractivity contribution in [1.82, 2.24) is 14.3 Å². The molecule has 0 unspecified atom stereocenters. The number of benzene rings is 1. The molecule has 3 aromatic rings. The van der Waals surface area contributed by atoms with Gasteiger partial charge in [-0.05, 0) is 18.8 Å². The Balaban J connectivity index is 1.93. The lowest BCUT2D eigenvalue weighted by atomic mass is 10.1. The molecule has 5 heteroatoms. The minimum Gasteiger partial charge on any atom is -0.337 e. The highest BCUT2D eigenvalue weighted by molar-refractivity contribution is 7.19. The highest BCUT2D eigenvalue weighted by Crippen LogP contribution is 2.28. The average molecular weight is 370 g/mol. The maximum atomic E-state index is 13.2. The Morgan fingerprint density at radius 1 is 1.12 bits per heavy atom. The maximum Gasteiger partial charge on any atom is 0.265 e. The summed E-state index contributed by atoms with van der Waals surface area (Å²) in [6.45, 7) is 12.2. The first-order valence-electron chi connectivity index (χ1n) is 9.20. The van der Waals surface area contributed by atoms with Crippen molar-refractivity contribution >= 4 is 22.2 Å². The molecule has 26 heavy (non-hydrogen) atoms. The van der Waals surface area contributed by atoms with Crippen molar-refractivity contribution in [1.29, 1.82) is 0 Å². The Morgan fingerprint density at radius 2 is 1.73 bits per heavy atom. The quantitative estimate of drug-likeness (QED) is 0.604. The van der Waals surface area contributed by atoms with Gasteiger partial charge >= 0.3 is 0 Å². The van der Waals surface area contributed by atoms with Crippen LogP contribution >= 0.6 is 11.3 Å². The maximum absolute atomic E-state index is 13.2. The van der Waals surface area contributed by atoms with E-state index in [1.54, 1.807) is 0 Å². The Labute approximate surface area is 159 Å². The van der Waals surface area contributed by atoms with Crippen LogP contribution in [0.3, 0.4) is 0 Å². The minimum absolute atomic E-state index is 0.127. The Bertz CT molecular complexity index is 883. The summed E-state index contributed by atoms with van der Waals surface area (Å²) in [6.07, 6.45) is 2.03. The van der Waals surface area contributed by atoms with Crippen LogP contribution in [0.15, 0.2) is 36.5 Å². The standard InChI is InChI=1S/C21H27N3OS/c1-14(2)11-23(12-15(3)4)20(25)19-16(5)24-13-18(22-21(24)26-19)17-9-7-6-8-10-17/h6-10,13-15H,11-12H2,1-5H3. The van der Waals surface area contributed by atoms with E-state index in [1.165, 1.54) is 11.3 Å². The zero-order chi connectivity index (χ0) is 18.8. The van der Waals surface area contributed by atoms with E-state index < -0.39 is 0 Å². The molecular formula is C21H27N3OS. The van der Waals surface area contributed by atoms with Crippen molar-refractivity contribution in [2.45, 2.75) is 34.6 Å². The Kier molecular flexibility index (Phi) is 5.47. The van der Waals surface area contributed by atoms with Crippen LogP contribution in [0.4, 0.5) is 0 Å². The van der Waals surface area contributed by atoms with Crippen LogP contribution < -0.4 is 0 Å². The number of carbonyl (C=O) groups is 1. The van der Waals surface area contributed by atoms with Gasteiger partial charge in [-0.1, -0.05) is 69.4 Å². The lowest BCUT2D eigenvalue weighted by Crippen LogP contribution is -2.37. The van der Waals surface area contributed by atoms with Crippen LogP contribution in [0.1, 0.15) is 43.1 Å². The first kappa shape index (κ1) is 18.6. The molecule has 0 fully saturated rings. The molecule has 1 aromatic carbocycles. The summed E-state index contributed by atoms with van der Waals surface area (Å²) < 4.78 is 2.04. The minimum atomic E-state index is 0.127. The highest BCUT2D eigenvalue weighted by Gasteiger charge is 2.24. The third-order valence-electron chi connectivity index (χ3n) is 4.28. The van der Waals surface area contributed by atoms with E-state index in [9.17, 15) is 4.79 Å². The largest absolute Gasteiger partial charge is 0.337 e. The van der Waals surface area contributed by atoms with Crippen molar-refractivity contribution < 1.29 is 4.79 Å². The molecule has 0 spiro atoms. The third kappa shape index (κ3) is 3.83. The summed E-state index contributed by atoms with van der Waals surface area (Å²) in [4.78, 5) is 21.6. The van der Waals surface area contributed by atoms with Crippen LogP contribution in [0.5, 0.6) is 0 Å². The average Bonchev–Trinajstić information content (AvgIpc) is 3.13. The molecule has 0 N–H and O–H groups in total. The van der Waals surface area contributed by atoms with Crippen LogP contribution in [0.25, 0.3) is 16.2 Å². The van der Waals surface area contributed by atoms with Crippen LogP contribution in [0, 0.1) is 18.8 Å². The number of nitrogens with zero attached hydrogens (tertiary/aromatic N) is 3. The van der Waals surface area contributed by atoms with E-state index in [4.69, 9.17) is 4.98 Å². The molecule has 0 aliphatic heterocycles. The predicted octanol–water partition coefficient (Wildman–Crippen LogP) is 5.13. The third-order valence-corrected chi connectivity index (χ3v) is 5.42. The van der Waals surface area contributed by atoms with Crippen LogP contribution in [-0.4, -0.2) is 33.3 Å². The van der Waals surface area contributed by atoms with E-state index in [1.807, 2.05) is 40.6 Å². The summed E-state index contributed by atoms with van der Waals surface area (Å²) in [7, 11) is 0. The monoisotopic (exact) mass is 369 g/mol. The number of aromatic nitrogens is 2. The van der Waals surface area contributed by atoms with Crippen molar-refractivity contribution in [2.75, 3.05) is 13.1 Å². The topological polar surface area (TPSA) is 37.6 Å². The molecule has 0 aliphatic carbocycles. The lowest BCUT2D eigenvalue weighted by molar-refractivity contribution is 0.0719. The summed E-state index contributed by atoms with van der Waals surface area (Å²) in [5, 5.41) is 0. The van der Waals surface area contributed by atoms with Crippen molar-refractivity contribution in [3.8, 4) is 11.3 Å². The fourth-order valence-corrected chi connectivity index (χ4v) is 4.24. The molecule has 2 aromatic heterocycles. The second-order valence-electron chi connectivity index (χ2n) is 7.66. The number of rotatable bonds is 6. The highest BCUT2D eigenvalue weighted by atomic mass is 32.1. The number of carbonyl (C=O) groups excluding carboxylic acids is 1. The smallest absolute Gasteiger partial charge is 0.265 e. The molecule has 3 rings (SSSR count). The van der Waals surface area contributed by atoms with Gasteiger partial charge in [0.25, 0.3) is 5.91 Å². The molecule has 0 saturated heterocycles. The van der Waals surface area contributed by atoms with Crippen molar-refractivity contribution in [3.05, 3.63) is 47.1 Å². The number of imidazole rings is 1. The first-order valence-corrected chi connectivity index (χ1v) is 10.0. The van der Waals surface area contributed by atoms with Gasteiger partial charge in [0.15, 0.2) is 4.96 Å². The first-order chi connectivity index (χ1) is 12.4. The number of aryl methyl sites for hydroxylation is 1. The molecule has 0 radical (unpaired) electrons. The number of thiazole rings is 1. The molecule has 0 bridgehead atoms. The van der Waals surface area contributed by atoms with E-state index in [-0.39, 0.29) is 5.91 Å². The van der Waals surface area contributed by atoms with Gasteiger partial charge in [0, 0.05) is 30.5 Å². The van der Waals surface area contributed by atoms with Gasteiger partial charge in [-0.15, -0.1) is 0 Å². The van der Waals surface area contributed by atoms with Crippen molar-refractivity contribution in [2.24, 2.45) is 11.8 Å². The Morgan fingerprint density at radius 3 is 2.27 bits per heavy atom. The lowest BCUT2D eigenvalue weighted by Gasteiger charge is -2.26. The van der Waals surface area contributed by atoms with Crippen LogP contribution in [0.2, 0.25) is 0 Å². The van der Waals surface area contributed by atoms with E-state index in [2.05, 4.69) is 39.8 Å². The second-order valence-corrected chi connectivity index (χ2v) is 8.64. The molecule has 0 aliphatic rings. The van der Waals surface area contributed by atoms with Crippen LogP contribution in [-0.2, 0) is 0 Å². The summed E-state index contributed by atoms with van der Waals surface area (Å²) >= 11 is 1.49. The number of amides is 1.